The van der Waals surface area contributed by atoms with Crippen LogP contribution in [-0.2, 0) is 14.6 Å². The fourth-order valence-electron chi connectivity index (χ4n) is 3.90. The van der Waals surface area contributed by atoms with Crippen molar-refractivity contribution in [3.05, 3.63) is 66.4 Å². The van der Waals surface area contributed by atoms with Crippen molar-refractivity contribution in [3.63, 3.8) is 0 Å². The molecule has 0 spiro atoms. The number of imidazole rings is 1. The Bertz CT molecular complexity index is 1370. The third kappa shape index (κ3) is 4.11. The molecule has 2 atom stereocenters. The Morgan fingerprint density at radius 2 is 1.94 bits per heavy atom. The average molecular weight is 450 g/mol. The molecule has 1 fully saturated rings. The first-order chi connectivity index (χ1) is 15.4. The minimum absolute atomic E-state index is 0.0821. The first-order valence-electron chi connectivity index (χ1n) is 10.4. The van der Waals surface area contributed by atoms with Gasteiger partial charge in [-0.25, -0.2) is 13.4 Å². The number of aromatic amines is 1. The Morgan fingerprint density at radius 1 is 1.12 bits per heavy atom. The van der Waals surface area contributed by atoms with Crippen LogP contribution >= 0.6 is 0 Å². The van der Waals surface area contributed by atoms with Crippen LogP contribution in [0.2, 0.25) is 0 Å². The molecule has 32 heavy (non-hydrogen) atoms. The second-order valence-corrected chi connectivity index (χ2v) is 10.2. The maximum atomic E-state index is 11.8. The molecule has 1 aliphatic heterocycles. The van der Waals surface area contributed by atoms with Crippen LogP contribution in [0.5, 0.6) is 11.5 Å². The van der Waals surface area contributed by atoms with E-state index in [0.717, 1.165) is 28.7 Å². The highest BCUT2D eigenvalue weighted by atomic mass is 32.2. The normalized spacial score (nSPS) is 18.8. The quantitative estimate of drug-likeness (QED) is 0.465. The summed E-state index contributed by atoms with van der Waals surface area (Å²) in [5.74, 6) is 2.33. The van der Waals surface area contributed by atoms with Gasteiger partial charge in [0.25, 0.3) is 0 Å². The predicted octanol–water partition coefficient (Wildman–Crippen LogP) is 4.92. The monoisotopic (exact) mass is 449 g/mol. The van der Waals surface area contributed by atoms with Gasteiger partial charge < -0.3 is 14.5 Å². The number of rotatable bonds is 5. The Morgan fingerprint density at radius 3 is 2.59 bits per heavy atom. The summed E-state index contributed by atoms with van der Waals surface area (Å²) in [6.45, 7) is 2.87. The minimum atomic E-state index is -3.27. The predicted molar refractivity (Wildman–Crippen MR) is 121 cm³/mol. The van der Waals surface area contributed by atoms with Crippen LogP contribution in [-0.4, -0.2) is 36.2 Å². The number of H-pyrrole nitrogens is 1. The van der Waals surface area contributed by atoms with Gasteiger partial charge in [0.05, 0.1) is 28.6 Å². The number of hydrogen-bond donors (Lipinski definition) is 1. The Balaban J connectivity index is 1.56. The number of fused-ring (bicyclic) bond motifs is 1. The Labute approximate surface area is 186 Å². The number of ether oxygens (including phenoxy) is 2. The average Bonchev–Trinajstić information content (AvgIpc) is 3.39. The van der Waals surface area contributed by atoms with E-state index in [4.69, 9.17) is 14.5 Å². The highest BCUT2D eigenvalue weighted by Gasteiger charge is 2.27. The minimum Gasteiger partial charge on any atom is -0.457 e. The molecule has 4 aromatic rings. The second-order valence-electron chi connectivity index (χ2n) is 8.22. The molecule has 7 nitrogen and oxygen atoms in total. The lowest BCUT2D eigenvalue weighted by Gasteiger charge is -2.16. The molecule has 2 aromatic heterocycles. The highest BCUT2D eigenvalue weighted by Crippen LogP contribution is 2.40. The number of nitrogens with zero attached hydrogens (tertiary/aromatic N) is 2. The summed E-state index contributed by atoms with van der Waals surface area (Å²) < 4.78 is 35.7. The first-order valence-corrected chi connectivity index (χ1v) is 12.3. The summed E-state index contributed by atoms with van der Waals surface area (Å²) in [6.07, 6.45) is 3.73. The van der Waals surface area contributed by atoms with Gasteiger partial charge in [-0.2, -0.15) is 0 Å². The van der Waals surface area contributed by atoms with Crippen molar-refractivity contribution in [2.75, 3.05) is 12.9 Å². The molecule has 0 radical (unpaired) electrons. The summed E-state index contributed by atoms with van der Waals surface area (Å²) in [6, 6.07) is 16.0. The molecule has 0 amide bonds. The molecular formula is C24H23N3O4S. The zero-order chi connectivity index (χ0) is 22.3. The molecular weight excluding hydrogens is 426 g/mol. The van der Waals surface area contributed by atoms with Crippen LogP contribution in [0, 0.1) is 5.92 Å². The smallest absolute Gasteiger partial charge is 0.175 e. The summed E-state index contributed by atoms with van der Waals surface area (Å²) >= 11 is 0. The van der Waals surface area contributed by atoms with E-state index in [2.05, 4.69) is 16.9 Å². The van der Waals surface area contributed by atoms with E-state index in [0.29, 0.717) is 29.8 Å². The van der Waals surface area contributed by atoms with Gasteiger partial charge in [0.1, 0.15) is 17.2 Å². The van der Waals surface area contributed by atoms with E-state index >= 15 is 0 Å². The third-order valence-corrected chi connectivity index (χ3v) is 6.67. The van der Waals surface area contributed by atoms with E-state index in [-0.39, 0.29) is 11.0 Å². The lowest BCUT2D eigenvalue weighted by atomic mass is 10.0. The molecule has 0 bridgehead atoms. The standard InChI is InChI=1S/C24H23N3O4S/c1-15-11-22(30-14-15)18-12-20-21(27-24(26-20)19-5-3-4-10-25-19)13-23(18)31-16-6-8-17(9-7-16)32(2,28)29/h3-10,12-13,15,22H,11,14H2,1-2H3,(H,26,27). The van der Waals surface area contributed by atoms with Crippen LogP contribution in [0.15, 0.2) is 65.7 Å². The molecule has 5 rings (SSSR count). The Kier molecular flexibility index (Phi) is 5.19. The van der Waals surface area contributed by atoms with Gasteiger partial charge in [-0.05, 0) is 54.8 Å². The van der Waals surface area contributed by atoms with E-state index in [1.807, 2.05) is 30.3 Å². The third-order valence-electron chi connectivity index (χ3n) is 5.55. The molecule has 2 aromatic carbocycles. The molecule has 1 aliphatic rings. The van der Waals surface area contributed by atoms with Crippen LogP contribution < -0.4 is 4.74 Å². The summed E-state index contributed by atoms with van der Waals surface area (Å²) in [5, 5.41) is 0. The zero-order valence-corrected chi connectivity index (χ0v) is 18.6. The van der Waals surface area contributed by atoms with Crippen molar-refractivity contribution in [1.82, 2.24) is 15.0 Å². The summed E-state index contributed by atoms with van der Waals surface area (Å²) in [4.78, 5) is 12.7. The van der Waals surface area contributed by atoms with Crippen LogP contribution in [0.1, 0.15) is 25.0 Å². The molecule has 164 valence electrons. The van der Waals surface area contributed by atoms with Crippen molar-refractivity contribution in [1.29, 1.82) is 0 Å². The van der Waals surface area contributed by atoms with Crippen molar-refractivity contribution in [3.8, 4) is 23.0 Å². The number of benzene rings is 2. The molecule has 3 heterocycles. The second kappa shape index (κ2) is 8.03. The Hall–Kier alpha value is -3.23. The van der Waals surface area contributed by atoms with Gasteiger partial charge >= 0.3 is 0 Å². The van der Waals surface area contributed by atoms with Crippen molar-refractivity contribution in [2.45, 2.75) is 24.3 Å². The maximum absolute atomic E-state index is 11.8. The highest BCUT2D eigenvalue weighted by molar-refractivity contribution is 7.90. The molecule has 8 heteroatoms. The molecule has 1 N–H and O–H groups in total. The summed E-state index contributed by atoms with van der Waals surface area (Å²) in [5.41, 5.74) is 3.33. The van der Waals surface area contributed by atoms with Gasteiger partial charge in [-0.15, -0.1) is 0 Å². The van der Waals surface area contributed by atoms with Gasteiger partial charge in [0.15, 0.2) is 15.7 Å². The van der Waals surface area contributed by atoms with Crippen LogP contribution in [0.3, 0.4) is 0 Å². The van der Waals surface area contributed by atoms with Crippen molar-refractivity contribution >= 4 is 20.9 Å². The largest absolute Gasteiger partial charge is 0.457 e. The van der Waals surface area contributed by atoms with Crippen LogP contribution in [0.25, 0.3) is 22.6 Å². The first kappa shape index (κ1) is 20.7. The summed E-state index contributed by atoms with van der Waals surface area (Å²) in [7, 11) is -3.27. The van der Waals surface area contributed by atoms with Gasteiger partial charge in [0, 0.05) is 24.1 Å². The molecule has 1 saturated heterocycles. The van der Waals surface area contributed by atoms with E-state index in [9.17, 15) is 8.42 Å². The lowest BCUT2D eigenvalue weighted by molar-refractivity contribution is 0.106. The number of nitrogens with one attached hydrogen (secondary N) is 1. The number of sulfone groups is 1. The lowest BCUT2D eigenvalue weighted by Crippen LogP contribution is -2.00. The molecule has 0 saturated carbocycles. The number of hydrogen-bond acceptors (Lipinski definition) is 6. The van der Waals surface area contributed by atoms with Gasteiger partial charge in [-0.1, -0.05) is 13.0 Å². The van der Waals surface area contributed by atoms with Gasteiger partial charge in [-0.3, -0.25) is 4.98 Å². The van der Waals surface area contributed by atoms with Crippen LogP contribution in [0.4, 0.5) is 0 Å². The van der Waals surface area contributed by atoms with E-state index in [1.54, 1.807) is 30.5 Å². The van der Waals surface area contributed by atoms with E-state index < -0.39 is 9.84 Å². The maximum Gasteiger partial charge on any atom is 0.175 e. The molecule has 0 aliphatic carbocycles. The topological polar surface area (TPSA) is 94.2 Å². The van der Waals surface area contributed by atoms with Gasteiger partial charge in [0.2, 0.25) is 0 Å². The van der Waals surface area contributed by atoms with E-state index in [1.165, 1.54) is 6.26 Å². The van der Waals surface area contributed by atoms with Crippen molar-refractivity contribution < 1.29 is 17.9 Å². The van der Waals surface area contributed by atoms with Crippen molar-refractivity contribution in [2.24, 2.45) is 5.92 Å². The fourth-order valence-corrected chi connectivity index (χ4v) is 4.53. The fraction of sp³-hybridized carbons (Fsp3) is 0.250. The zero-order valence-electron chi connectivity index (χ0n) is 17.8. The number of pyridine rings is 1. The number of aromatic nitrogens is 3. The molecule has 2 unspecified atom stereocenters. The SMILES string of the molecule is CC1COC(c2cc3[nH]c(-c4ccccn4)nc3cc2Oc2ccc(S(C)(=O)=O)cc2)C1.